The molecule has 21 heavy (non-hydrogen) atoms. The Kier molecular flexibility index (Phi) is 11.6. The van der Waals surface area contributed by atoms with Crippen molar-refractivity contribution in [2.24, 2.45) is 0 Å². The Bertz CT molecular complexity index is 262. The van der Waals surface area contributed by atoms with Crippen molar-refractivity contribution in [1.82, 2.24) is 0 Å². The molecule has 0 atom stereocenters. The predicted molar refractivity (Wildman–Crippen MR) is 103 cm³/mol. The molecule has 126 valence electrons. The first-order valence-corrected chi connectivity index (χ1v) is 21.1. The molecule has 0 saturated heterocycles. The summed E-state index contributed by atoms with van der Waals surface area (Å²) in [6.07, 6.45) is 8.05. The van der Waals surface area contributed by atoms with Gasteiger partial charge in [0.15, 0.2) is 0 Å². The van der Waals surface area contributed by atoms with Crippen LogP contribution in [0.2, 0.25) is 43.4 Å². The maximum atomic E-state index is 12.7. The Hall–Kier alpha value is 0.686. The third kappa shape index (κ3) is 10.9. The van der Waals surface area contributed by atoms with Gasteiger partial charge >= 0.3 is 140 Å². The molecular formula is C18H40OSiSn. The van der Waals surface area contributed by atoms with E-state index in [1.165, 1.54) is 51.8 Å². The van der Waals surface area contributed by atoms with Gasteiger partial charge in [-0.15, -0.1) is 0 Å². The predicted octanol–water partition coefficient (Wildman–Crippen LogP) is 6.74. The first kappa shape index (κ1) is 21.7. The molecule has 0 saturated carbocycles. The summed E-state index contributed by atoms with van der Waals surface area (Å²) in [5.74, 6) is 0.647. The molecule has 0 aromatic heterocycles. The summed E-state index contributed by atoms with van der Waals surface area (Å²) >= 11 is -2.20. The summed E-state index contributed by atoms with van der Waals surface area (Å²) in [5.41, 5.74) is 0. The third-order valence-electron chi connectivity index (χ3n) is 4.48. The minimum absolute atomic E-state index is 0.647. The Labute approximate surface area is 139 Å². The van der Waals surface area contributed by atoms with Crippen LogP contribution in [0.25, 0.3) is 0 Å². The van der Waals surface area contributed by atoms with Crippen molar-refractivity contribution in [1.29, 1.82) is 0 Å². The van der Waals surface area contributed by atoms with E-state index in [9.17, 15) is 4.79 Å². The van der Waals surface area contributed by atoms with Gasteiger partial charge in [0.1, 0.15) is 0 Å². The summed E-state index contributed by atoms with van der Waals surface area (Å²) < 4.78 is 5.49. The van der Waals surface area contributed by atoms with Crippen LogP contribution in [-0.2, 0) is 4.79 Å². The second-order valence-electron chi connectivity index (χ2n) is 8.26. The van der Waals surface area contributed by atoms with Crippen LogP contribution in [0.5, 0.6) is 0 Å². The Balaban J connectivity index is 4.88. The zero-order chi connectivity index (χ0) is 16.4. The molecule has 0 aliphatic rings. The van der Waals surface area contributed by atoms with E-state index in [0.29, 0.717) is 5.78 Å². The molecule has 3 heteroatoms. The molecule has 1 nitrogen and oxygen atoms in total. The van der Waals surface area contributed by atoms with Gasteiger partial charge in [-0.3, -0.25) is 0 Å². The van der Waals surface area contributed by atoms with E-state index in [0.717, 1.165) is 10.5 Å². The second kappa shape index (κ2) is 11.3. The Morgan fingerprint density at radius 1 is 0.810 bits per heavy atom. The summed E-state index contributed by atoms with van der Waals surface area (Å²) in [5, 5.41) is 0. The van der Waals surface area contributed by atoms with E-state index < -0.39 is 26.5 Å². The van der Waals surface area contributed by atoms with E-state index >= 15 is 0 Å². The van der Waals surface area contributed by atoms with Crippen LogP contribution in [0.3, 0.4) is 0 Å². The molecule has 0 radical (unpaired) electrons. The topological polar surface area (TPSA) is 17.1 Å². The van der Waals surface area contributed by atoms with E-state index in [1.54, 1.807) is 0 Å². The van der Waals surface area contributed by atoms with Gasteiger partial charge in [0.2, 0.25) is 0 Å². The van der Waals surface area contributed by atoms with Gasteiger partial charge < -0.3 is 0 Å². The summed E-state index contributed by atoms with van der Waals surface area (Å²) in [4.78, 5) is 12.7. The number of unbranched alkanes of at least 4 members (excludes halogenated alkanes) is 3. The van der Waals surface area contributed by atoms with Crippen molar-refractivity contribution >= 4 is 32.2 Å². The van der Waals surface area contributed by atoms with E-state index in [-0.39, 0.29) is 0 Å². The van der Waals surface area contributed by atoms with Gasteiger partial charge in [-0.1, -0.05) is 0 Å². The monoisotopic (exact) mass is 420 g/mol. The molecule has 0 unspecified atom stereocenters. The fourth-order valence-electron chi connectivity index (χ4n) is 3.37. The van der Waals surface area contributed by atoms with Gasteiger partial charge in [0, 0.05) is 0 Å². The van der Waals surface area contributed by atoms with Crippen molar-refractivity contribution in [2.75, 3.05) is 0 Å². The zero-order valence-electron chi connectivity index (χ0n) is 15.7. The maximum absolute atomic E-state index is 12.7. The molecular weight excluding hydrogens is 379 g/mol. The van der Waals surface area contributed by atoms with Gasteiger partial charge in [0.05, 0.1) is 0 Å². The second-order valence-corrected chi connectivity index (χ2v) is 27.6. The van der Waals surface area contributed by atoms with Crippen LogP contribution in [0.1, 0.15) is 59.3 Å². The number of hydrogen-bond donors (Lipinski definition) is 0. The van der Waals surface area contributed by atoms with Crippen LogP contribution in [-0.4, -0.2) is 32.2 Å². The Morgan fingerprint density at radius 2 is 1.19 bits per heavy atom. The molecule has 0 bridgehead atoms. The first-order chi connectivity index (χ1) is 9.78. The standard InChI is InChI=1S/C6H13OSi.3C4H9.Sn/c1-6(7)5-8(2,3)4;3*1-3-4-2;/h1,5H2,2-4H3;3*1,3-4H2,2H3;. The average molecular weight is 419 g/mol. The minimum atomic E-state index is -2.20. The summed E-state index contributed by atoms with van der Waals surface area (Å²) in [6.45, 7) is 13.9. The number of ketones is 1. The molecule has 0 aromatic rings. The fraction of sp³-hybridized carbons (Fsp3) is 0.944. The quantitative estimate of drug-likeness (QED) is 0.302. The molecule has 0 amide bonds. The van der Waals surface area contributed by atoms with Crippen molar-refractivity contribution in [2.45, 2.75) is 103 Å². The summed E-state index contributed by atoms with van der Waals surface area (Å²) in [7, 11) is -1.23. The Morgan fingerprint density at radius 3 is 1.48 bits per heavy atom. The van der Waals surface area contributed by atoms with Crippen LogP contribution < -0.4 is 0 Å². The fourth-order valence-corrected chi connectivity index (χ4v) is 21.2. The van der Waals surface area contributed by atoms with E-state index in [2.05, 4.69) is 40.4 Å². The third-order valence-corrected chi connectivity index (χ3v) is 21.3. The first-order valence-electron chi connectivity index (χ1n) is 9.30. The van der Waals surface area contributed by atoms with Gasteiger partial charge in [-0.05, 0) is 0 Å². The molecule has 0 aliphatic carbocycles. The van der Waals surface area contributed by atoms with Crippen molar-refractivity contribution < 1.29 is 4.79 Å². The van der Waals surface area contributed by atoms with Crippen LogP contribution >= 0.6 is 0 Å². The SMILES string of the molecule is CCC[CH2][Sn]([CH2]CCC)([CH2]CCC)[CH2]C(=O)C[Si](C)(C)C. The van der Waals surface area contributed by atoms with Crippen molar-refractivity contribution in [3.05, 3.63) is 0 Å². The number of Topliss-reactive ketones (excluding diaryl/α,β-unsaturated/α-hetero) is 1. The van der Waals surface area contributed by atoms with Gasteiger partial charge in [-0.2, -0.15) is 0 Å². The number of hydrogen-bond acceptors (Lipinski definition) is 1. The normalized spacial score (nSPS) is 12.7. The number of rotatable bonds is 13. The number of carbonyl (C=O) groups is 1. The molecule has 0 heterocycles. The summed E-state index contributed by atoms with van der Waals surface area (Å²) in [6, 6.07) is 0.927. The molecule has 0 aliphatic heterocycles. The molecule has 0 aromatic carbocycles. The number of carbonyl (C=O) groups excluding carboxylic acids is 1. The molecule has 0 fully saturated rings. The average Bonchev–Trinajstić information content (AvgIpc) is 2.38. The van der Waals surface area contributed by atoms with Gasteiger partial charge in [-0.25, -0.2) is 0 Å². The van der Waals surface area contributed by atoms with E-state index in [4.69, 9.17) is 0 Å². The van der Waals surface area contributed by atoms with Crippen LogP contribution in [0.4, 0.5) is 0 Å². The zero-order valence-corrected chi connectivity index (χ0v) is 19.5. The van der Waals surface area contributed by atoms with E-state index in [1.807, 2.05) is 0 Å². The molecule has 0 N–H and O–H groups in total. The molecule has 0 spiro atoms. The van der Waals surface area contributed by atoms with Crippen LogP contribution in [0.15, 0.2) is 0 Å². The van der Waals surface area contributed by atoms with Crippen molar-refractivity contribution in [3.63, 3.8) is 0 Å². The van der Waals surface area contributed by atoms with Gasteiger partial charge in [0.25, 0.3) is 0 Å². The molecule has 0 rings (SSSR count). The van der Waals surface area contributed by atoms with Crippen molar-refractivity contribution in [3.8, 4) is 0 Å². The van der Waals surface area contributed by atoms with Crippen LogP contribution in [0, 0.1) is 0 Å².